The first-order valence-electron chi connectivity index (χ1n) is 11.0. The van der Waals surface area contributed by atoms with E-state index in [1.165, 1.54) is 5.56 Å². The molecule has 1 aromatic heterocycles. The van der Waals surface area contributed by atoms with Gasteiger partial charge >= 0.3 is 5.69 Å². The molecule has 1 fully saturated rings. The lowest BCUT2D eigenvalue weighted by molar-refractivity contribution is 0.276. The van der Waals surface area contributed by atoms with E-state index < -0.39 is 0 Å². The molecule has 2 aliphatic rings. The van der Waals surface area contributed by atoms with Gasteiger partial charge in [-0.1, -0.05) is 13.0 Å². The van der Waals surface area contributed by atoms with E-state index in [0.29, 0.717) is 18.1 Å². The smallest absolute Gasteiger partial charge is 0.350 e. The molecule has 166 valence electrons. The lowest BCUT2D eigenvalue weighted by atomic mass is 10.1. The number of hydrogen-bond acceptors (Lipinski definition) is 6. The largest absolute Gasteiger partial charge is 0.450 e. The summed E-state index contributed by atoms with van der Waals surface area (Å²) in [6.45, 7) is 5.70. The summed E-state index contributed by atoms with van der Waals surface area (Å²) < 4.78 is 7.81. The maximum absolute atomic E-state index is 12.8. The highest BCUT2D eigenvalue weighted by Crippen LogP contribution is 2.41. The van der Waals surface area contributed by atoms with Gasteiger partial charge in [-0.2, -0.15) is 4.98 Å². The molecule has 5 N–H and O–H groups in total. The van der Waals surface area contributed by atoms with E-state index in [1.807, 2.05) is 18.3 Å². The molecule has 4 rings (SSSR count). The van der Waals surface area contributed by atoms with E-state index in [-0.39, 0.29) is 17.7 Å². The van der Waals surface area contributed by atoms with Crippen molar-refractivity contribution in [1.82, 2.24) is 19.8 Å². The quantitative estimate of drug-likeness (QED) is 0.272. The summed E-state index contributed by atoms with van der Waals surface area (Å²) in [5, 5.41) is 13.3. The monoisotopic (exact) mass is 425 g/mol. The number of nitrogens with two attached hydrogens (primary N) is 1. The fourth-order valence-electron chi connectivity index (χ4n) is 4.27. The number of ether oxygens (including phenoxy) is 1. The van der Waals surface area contributed by atoms with Crippen LogP contribution >= 0.6 is 0 Å². The fourth-order valence-corrected chi connectivity index (χ4v) is 4.27. The lowest BCUT2D eigenvalue weighted by Crippen LogP contribution is -2.34. The molecular weight excluding hydrogens is 394 g/mol. The third-order valence-electron chi connectivity index (χ3n) is 5.99. The van der Waals surface area contributed by atoms with E-state index in [1.54, 1.807) is 4.57 Å². The molecular formula is C22H31N7O2. The molecule has 3 heterocycles. The summed E-state index contributed by atoms with van der Waals surface area (Å²) >= 11 is 0. The number of likely N-dealkylation sites (tertiary alicyclic amines) is 1. The number of anilines is 2. The zero-order valence-corrected chi connectivity index (χ0v) is 18.0. The molecule has 2 aromatic rings. The van der Waals surface area contributed by atoms with Gasteiger partial charge in [0.2, 0.25) is 0 Å². The average Bonchev–Trinajstić information content (AvgIpc) is 3.00. The lowest BCUT2D eigenvalue weighted by Gasteiger charge is -2.24. The molecule has 9 nitrogen and oxygen atoms in total. The van der Waals surface area contributed by atoms with Crippen LogP contribution in [0.5, 0.6) is 11.5 Å². The second kappa shape index (κ2) is 9.38. The normalized spacial score (nSPS) is 18.2. The molecule has 9 heteroatoms. The predicted octanol–water partition coefficient (Wildman–Crippen LogP) is 2.56. The summed E-state index contributed by atoms with van der Waals surface area (Å²) in [6, 6.07) is 6.17. The highest BCUT2D eigenvalue weighted by Gasteiger charge is 2.24. The van der Waals surface area contributed by atoms with Crippen molar-refractivity contribution in [2.75, 3.05) is 31.5 Å². The summed E-state index contributed by atoms with van der Waals surface area (Å²) in [6.07, 6.45) is 6.53. The van der Waals surface area contributed by atoms with Crippen molar-refractivity contribution >= 4 is 17.5 Å². The Hall–Kier alpha value is -3.07. The Balaban J connectivity index is 1.43. The van der Waals surface area contributed by atoms with Crippen LogP contribution in [0.2, 0.25) is 0 Å². The van der Waals surface area contributed by atoms with Crippen LogP contribution in [0, 0.1) is 5.41 Å². The number of hydrogen-bond donors (Lipinski definition) is 4. The van der Waals surface area contributed by atoms with E-state index in [9.17, 15) is 4.79 Å². The molecule has 2 aliphatic heterocycles. The van der Waals surface area contributed by atoms with E-state index in [0.717, 1.165) is 63.2 Å². The van der Waals surface area contributed by atoms with Gasteiger partial charge in [0.05, 0.1) is 11.9 Å². The minimum Gasteiger partial charge on any atom is -0.450 e. The van der Waals surface area contributed by atoms with Gasteiger partial charge in [-0.05, 0) is 62.9 Å². The van der Waals surface area contributed by atoms with Gasteiger partial charge in [0.1, 0.15) is 0 Å². The Morgan fingerprint density at radius 1 is 1.35 bits per heavy atom. The number of guanidine groups is 1. The highest BCUT2D eigenvalue weighted by atomic mass is 16.5. The molecule has 31 heavy (non-hydrogen) atoms. The molecule has 0 amide bonds. The van der Waals surface area contributed by atoms with Crippen LogP contribution in [0.15, 0.2) is 29.2 Å². The molecule has 0 spiro atoms. The van der Waals surface area contributed by atoms with Crippen molar-refractivity contribution in [3.05, 3.63) is 40.4 Å². The van der Waals surface area contributed by atoms with Gasteiger partial charge < -0.3 is 26.0 Å². The molecule has 0 aliphatic carbocycles. The van der Waals surface area contributed by atoms with Gasteiger partial charge in [0.25, 0.3) is 0 Å². The van der Waals surface area contributed by atoms with Gasteiger partial charge in [-0.3, -0.25) is 9.98 Å². The Morgan fingerprint density at radius 2 is 2.23 bits per heavy atom. The topological polar surface area (TPSA) is 121 Å². The Bertz CT molecular complexity index is 1000. The average molecular weight is 426 g/mol. The predicted molar refractivity (Wildman–Crippen MR) is 122 cm³/mol. The fraction of sp³-hybridized carbons (Fsp3) is 0.500. The first-order chi connectivity index (χ1) is 15.0. The van der Waals surface area contributed by atoms with Crippen molar-refractivity contribution in [3.63, 3.8) is 0 Å². The van der Waals surface area contributed by atoms with Crippen molar-refractivity contribution in [3.8, 4) is 11.5 Å². The van der Waals surface area contributed by atoms with Crippen molar-refractivity contribution in [1.29, 1.82) is 5.41 Å². The summed E-state index contributed by atoms with van der Waals surface area (Å²) in [4.78, 5) is 19.5. The van der Waals surface area contributed by atoms with Crippen LogP contribution < -0.4 is 26.8 Å². The Labute approximate surface area is 182 Å². The first kappa shape index (κ1) is 21.2. The number of aryl methyl sites for hydroxylation is 1. The molecule has 1 aromatic carbocycles. The van der Waals surface area contributed by atoms with E-state index in [4.69, 9.17) is 15.9 Å². The standard InChI is InChI=1S/C22H31N7O2/c1-2-15-6-7-18-17(13-15)26-20-19(31-18)14-29(22(30)27-20)16-5-3-10-28(12-8-16)11-4-9-25-21(23)24/h6-7,13-14,16H,2-5,8-12H2,1H3,(H4,23,24,25)(H,26,27,30). The molecule has 0 bridgehead atoms. The van der Waals surface area contributed by atoms with Crippen LogP contribution in [-0.4, -0.2) is 46.6 Å². The van der Waals surface area contributed by atoms with Gasteiger partial charge in [-0.25, -0.2) is 4.79 Å². The maximum atomic E-state index is 12.8. The molecule has 0 radical (unpaired) electrons. The third-order valence-corrected chi connectivity index (χ3v) is 5.99. The SMILES string of the molecule is CCc1ccc2c(c1)Nc1nc(=O)n(C3CCCN(CCCNC(=N)N)CC3)cc1O2. The Morgan fingerprint density at radius 3 is 3.03 bits per heavy atom. The number of rotatable bonds is 6. The third kappa shape index (κ3) is 4.99. The summed E-state index contributed by atoms with van der Waals surface area (Å²) in [5.74, 6) is 1.84. The number of aromatic nitrogens is 2. The Kier molecular flexibility index (Phi) is 6.41. The summed E-state index contributed by atoms with van der Waals surface area (Å²) in [5.41, 5.74) is 7.13. The zero-order chi connectivity index (χ0) is 21.8. The molecule has 1 unspecified atom stereocenters. The van der Waals surface area contributed by atoms with Gasteiger partial charge in [-0.15, -0.1) is 0 Å². The maximum Gasteiger partial charge on any atom is 0.350 e. The van der Waals surface area contributed by atoms with Gasteiger partial charge in [0, 0.05) is 19.1 Å². The second-order valence-electron chi connectivity index (χ2n) is 8.18. The minimum atomic E-state index is -0.242. The van der Waals surface area contributed by atoms with E-state index >= 15 is 0 Å². The minimum absolute atomic E-state index is 0.0142. The number of nitrogens with zero attached hydrogens (tertiary/aromatic N) is 3. The van der Waals surface area contributed by atoms with E-state index in [2.05, 4.69) is 33.5 Å². The summed E-state index contributed by atoms with van der Waals surface area (Å²) in [7, 11) is 0. The van der Waals surface area contributed by atoms with Crippen molar-refractivity contribution in [2.24, 2.45) is 5.73 Å². The van der Waals surface area contributed by atoms with Gasteiger partial charge in [0.15, 0.2) is 23.3 Å². The molecule has 1 atom stereocenters. The molecule has 1 saturated heterocycles. The van der Waals surface area contributed by atoms with Crippen molar-refractivity contribution in [2.45, 2.75) is 45.1 Å². The number of benzene rings is 1. The highest BCUT2D eigenvalue weighted by molar-refractivity contribution is 5.74. The van der Waals surface area contributed by atoms with Crippen LogP contribution in [-0.2, 0) is 6.42 Å². The van der Waals surface area contributed by atoms with Crippen LogP contribution in [0.3, 0.4) is 0 Å². The zero-order valence-electron chi connectivity index (χ0n) is 18.0. The number of fused-ring (bicyclic) bond motifs is 2. The van der Waals surface area contributed by atoms with Crippen molar-refractivity contribution < 1.29 is 4.74 Å². The first-order valence-corrected chi connectivity index (χ1v) is 11.0. The van der Waals surface area contributed by atoms with Crippen LogP contribution in [0.4, 0.5) is 11.5 Å². The molecule has 0 saturated carbocycles. The van der Waals surface area contributed by atoms with Crippen LogP contribution in [0.25, 0.3) is 0 Å². The van der Waals surface area contributed by atoms with Crippen LogP contribution in [0.1, 0.15) is 44.2 Å². The number of nitrogens with one attached hydrogen (secondary N) is 3. The second-order valence-corrected chi connectivity index (χ2v) is 8.18.